The van der Waals surface area contributed by atoms with Crippen LogP contribution in [0.5, 0.6) is 0 Å². The number of carbonyl (C=O) groups is 2. The van der Waals surface area contributed by atoms with E-state index in [1.165, 1.54) is 35.9 Å². The van der Waals surface area contributed by atoms with Crippen molar-refractivity contribution in [3.8, 4) is 0 Å². The highest BCUT2D eigenvalue weighted by Gasteiger charge is 2.15. The molecule has 2 N–H and O–H groups in total. The molecule has 2 aromatic rings. The summed E-state index contributed by atoms with van der Waals surface area (Å²) in [6.45, 7) is 1.37. The van der Waals surface area contributed by atoms with Crippen molar-refractivity contribution in [1.82, 2.24) is 14.7 Å². The minimum atomic E-state index is -1.11. The lowest BCUT2D eigenvalue weighted by molar-refractivity contribution is -0.141. The standard InChI is InChI=1S/C12H12FN3O3/c1-7(12(18)19)14-11(17)4-9-6-16-5-8(13)2-3-10(16)15-9/h2-3,5-7H,4H2,1H3,(H,14,17)(H,18,19). The summed E-state index contributed by atoms with van der Waals surface area (Å²) >= 11 is 0. The van der Waals surface area contributed by atoms with Gasteiger partial charge in [-0.3, -0.25) is 9.59 Å². The number of nitrogens with zero attached hydrogens (tertiary/aromatic N) is 2. The molecule has 6 nitrogen and oxygen atoms in total. The maximum absolute atomic E-state index is 13.0. The molecule has 0 aliphatic rings. The van der Waals surface area contributed by atoms with E-state index in [1.807, 2.05) is 0 Å². The van der Waals surface area contributed by atoms with E-state index >= 15 is 0 Å². The first-order valence-electron chi connectivity index (χ1n) is 5.61. The van der Waals surface area contributed by atoms with E-state index in [2.05, 4.69) is 10.3 Å². The average molecular weight is 265 g/mol. The van der Waals surface area contributed by atoms with Gasteiger partial charge in [-0.05, 0) is 19.1 Å². The van der Waals surface area contributed by atoms with Crippen LogP contribution in [0.25, 0.3) is 5.65 Å². The Balaban J connectivity index is 2.09. The quantitative estimate of drug-likeness (QED) is 0.848. The molecule has 1 unspecified atom stereocenters. The number of rotatable bonds is 4. The van der Waals surface area contributed by atoms with E-state index in [4.69, 9.17) is 5.11 Å². The molecule has 100 valence electrons. The fraction of sp³-hybridized carbons (Fsp3) is 0.250. The molecule has 0 aliphatic carbocycles. The number of aromatic nitrogens is 2. The number of aliphatic carboxylic acids is 1. The minimum Gasteiger partial charge on any atom is -0.480 e. The molecule has 0 fully saturated rings. The molecule has 0 radical (unpaired) electrons. The van der Waals surface area contributed by atoms with Crippen LogP contribution in [0.1, 0.15) is 12.6 Å². The van der Waals surface area contributed by atoms with Crippen LogP contribution in [0.4, 0.5) is 4.39 Å². The molecular formula is C12H12FN3O3. The molecule has 2 aromatic heterocycles. The van der Waals surface area contributed by atoms with Gasteiger partial charge in [-0.1, -0.05) is 0 Å². The number of hydrogen-bond acceptors (Lipinski definition) is 3. The Morgan fingerprint density at radius 2 is 2.21 bits per heavy atom. The molecule has 0 bridgehead atoms. The highest BCUT2D eigenvalue weighted by molar-refractivity contribution is 5.84. The first kappa shape index (κ1) is 13.0. The Morgan fingerprint density at radius 1 is 1.47 bits per heavy atom. The van der Waals surface area contributed by atoms with Crippen LogP contribution in [0, 0.1) is 5.82 Å². The second kappa shape index (κ2) is 5.05. The zero-order valence-corrected chi connectivity index (χ0v) is 10.1. The van der Waals surface area contributed by atoms with Gasteiger partial charge in [0.1, 0.15) is 17.5 Å². The van der Waals surface area contributed by atoms with Gasteiger partial charge in [-0.2, -0.15) is 0 Å². The Bertz CT molecular complexity index is 638. The molecule has 19 heavy (non-hydrogen) atoms. The topological polar surface area (TPSA) is 83.7 Å². The van der Waals surface area contributed by atoms with E-state index < -0.39 is 23.7 Å². The SMILES string of the molecule is CC(NC(=O)Cc1cn2cc(F)ccc2n1)C(=O)O. The van der Waals surface area contributed by atoms with Gasteiger partial charge < -0.3 is 14.8 Å². The molecule has 0 spiro atoms. The van der Waals surface area contributed by atoms with Crippen LogP contribution < -0.4 is 5.32 Å². The zero-order valence-electron chi connectivity index (χ0n) is 10.1. The van der Waals surface area contributed by atoms with E-state index in [9.17, 15) is 14.0 Å². The van der Waals surface area contributed by atoms with Crippen LogP contribution in [-0.4, -0.2) is 32.4 Å². The van der Waals surface area contributed by atoms with E-state index in [0.29, 0.717) is 11.3 Å². The number of carbonyl (C=O) groups excluding carboxylic acids is 1. The van der Waals surface area contributed by atoms with Crippen molar-refractivity contribution in [3.05, 3.63) is 36.0 Å². The summed E-state index contributed by atoms with van der Waals surface area (Å²) in [6, 6.07) is 1.82. The Morgan fingerprint density at radius 3 is 2.89 bits per heavy atom. The summed E-state index contributed by atoms with van der Waals surface area (Å²) in [5.41, 5.74) is 0.969. The monoisotopic (exact) mass is 265 g/mol. The van der Waals surface area contributed by atoms with Gasteiger partial charge in [0.15, 0.2) is 0 Å². The minimum absolute atomic E-state index is 0.0546. The highest BCUT2D eigenvalue weighted by Crippen LogP contribution is 2.07. The smallest absolute Gasteiger partial charge is 0.325 e. The van der Waals surface area contributed by atoms with Crippen molar-refractivity contribution >= 4 is 17.5 Å². The lowest BCUT2D eigenvalue weighted by Gasteiger charge is -2.07. The molecule has 7 heteroatoms. The van der Waals surface area contributed by atoms with Gasteiger partial charge in [0.25, 0.3) is 0 Å². The van der Waals surface area contributed by atoms with Gasteiger partial charge in [0.05, 0.1) is 12.1 Å². The van der Waals surface area contributed by atoms with Crippen molar-refractivity contribution < 1.29 is 19.1 Å². The lowest BCUT2D eigenvalue weighted by atomic mass is 10.3. The van der Waals surface area contributed by atoms with Gasteiger partial charge in [0, 0.05) is 12.4 Å². The van der Waals surface area contributed by atoms with E-state index in [1.54, 1.807) is 0 Å². The summed E-state index contributed by atoms with van der Waals surface area (Å²) in [6.07, 6.45) is 2.73. The molecule has 1 atom stereocenters. The number of fused-ring (bicyclic) bond motifs is 1. The van der Waals surface area contributed by atoms with Crippen LogP contribution in [0.15, 0.2) is 24.5 Å². The van der Waals surface area contributed by atoms with Crippen molar-refractivity contribution in [2.45, 2.75) is 19.4 Å². The predicted molar refractivity (Wildman–Crippen MR) is 64.1 cm³/mol. The summed E-state index contributed by atoms with van der Waals surface area (Å²) in [5, 5.41) is 11.0. The van der Waals surface area contributed by atoms with Crippen molar-refractivity contribution in [2.75, 3.05) is 0 Å². The molecule has 2 heterocycles. The third-order valence-electron chi connectivity index (χ3n) is 2.55. The fourth-order valence-corrected chi connectivity index (χ4v) is 1.62. The summed E-state index contributed by atoms with van der Waals surface area (Å²) in [5.74, 6) is -1.95. The van der Waals surface area contributed by atoms with Gasteiger partial charge in [0.2, 0.25) is 5.91 Å². The van der Waals surface area contributed by atoms with Gasteiger partial charge in [-0.15, -0.1) is 0 Å². The lowest BCUT2D eigenvalue weighted by Crippen LogP contribution is -2.39. The molecular weight excluding hydrogens is 253 g/mol. The zero-order chi connectivity index (χ0) is 14.0. The maximum Gasteiger partial charge on any atom is 0.325 e. The molecule has 1 amide bonds. The Kier molecular flexibility index (Phi) is 3.46. The highest BCUT2D eigenvalue weighted by atomic mass is 19.1. The van der Waals surface area contributed by atoms with Crippen LogP contribution >= 0.6 is 0 Å². The van der Waals surface area contributed by atoms with E-state index in [-0.39, 0.29) is 6.42 Å². The Hall–Kier alpha value is -2.44. The summed E-state index contributed by atoms with van der Waals surface area (Å²) < 4.78 is 14.4. The van der Waals surface area contributed by atoms with Gasteiger partial charge in [-0.25, -0.2) is 9.37 Å². The van der Waals surface area contributed by atoms with Crippen LogP contribution in [-0.2, 0) is 16.0 Å². The molecule has 0 saturated carbocycles. The number of pyridine rings is 1. The fourth-order valence-electron chi connectivity index (χ4n) is 1.62. The summed E-state index contributed by atoms with van der Waals surface area (Å²) in [4.78, 5) is 26.3. The third kappa shape index (κ3) is 3.06. The van der Waals surface area contributed by atoms with Crippen LogP contribution in [0.2, 0.25) is 0 Å². The Labute approximate surface area is 107 Å². The van der Waals surface area contributed by atoms with Crippen molar-refractivity contribution in [3.63, 3.8) is 0 Å². The average Bonchev–Trinajstić information content (AvgIpc) is 2.69. The molecule has 0 aliphatic heterocycles. The number of hydrogen-bond donors (Lipinski definition) is 2. The second-order valence-corrected chi connectivity index (χ2v) is 4.15. The number of nitrogens with one attached hydrogen (secondary N) is 1. The van der Waals surface area contributed by atoms with Crippen LogP contribution in [0.3, 0.4) is 0 Å². The first-order valence-corrected chi connectivity index (χ1v) is 5.61. The number of halogens is 1. The van der Waals surface area contributed by atoms with Gasteiger partial charge >= 0.3 is 5.97 Å². The number of carboxylic acid groups (broad SMARTS) is 1. The number of imidazole rings is 1. The maximum atomic E-state index is 13.0. The number of carboxylic acids is 1. The van der Waals surface area contributed by atoms with Crippen molar-refractivity contribution in [1.29, 1.82) is 0 Å². The predicted octanol–water partition coefficient (Wildman–Crippen LogP) is 0.605. The van der Waals surface area contributed by atoms with Crippen molar-refractivity contribution in [2.24, 2.45) is 0 Å². The molecule has 2 rings (SSSR count). The largest absolute Gasteiger partial charge is 0.480 e. The second-order valence-electron chi connectivity index (χ2n) is 4.15. The first-order chi connectivity index (χ1) is 8.95. The molecule has 0 saturated heterocycles. The third-order valence-corrected chi connectivity index (χ3v) is 2.55. The van der Waals surface area contributed by atoms with E-state index in [0.717, 1.165) is 0 Å². The number of amides is 1. The molecule has 0 aromatic carbocycles. The summed E-state index contributed by atoms with van der Waals surface area (Å²) in [7, 11) is 0. The normalized spacial score (nSPS) is 12.3.